The van der Waals surface area contributed by atoms with Crippen molar-refractivity contribution in [1.29, 1.82) is 0 Å². The van der Waals surface area contributed by atoms with Gasteiger partial charge in [-0.15, -0.1) is 0 Å². The molecule has 1 saturated heterocycles. The number of likely N-dealkylation sites (N-methyl/N-ethyl adjacent to an activating group) is 2. The number of H-pyrrole nitrogens is 1. The van der Waals surface area contributed by atoms with Gasteiger partial charge in [-0.2, -0.15) is 0 Å². The maximum absolute atomic E-state index is 12.4. The van der Waals surface area contributed by atoms with Crippen LogP contribution in [0.2, 0.25) is 0 Å². The highest BCUT2D eigenvalue weighted by Crippen LogP contribution is 2.22. The Morgan fingerprint density at radius 2 is 1.90 bits per heavy atom. The average Bonchev–Trinajstić information content (AvgIpc) is 2.78. The molecule has 1 aromatic heterocycles. The standard InChI is InChI=1S/C16H26N4O/c1-19-9-6-10-20(2)14(11-19)15-17-13-8-5-3-4-7-12(13)16(21)18-15/h14H,3-11H2,1-2H3,(H,17,18,21). The van der Waals surface area contributed by atoms with Gasteiger partial charge in [-0.3, -0.25) is 9.69 Å². The topological polar surface area (TPSA) is 52.2 Å². The highest BCUT2D eigenvalue weighted by molar-refractivity contribution is 5.20. The van der Waals surface area contributed by atoms with E-state index < -0.39 is 0 Å². The summed E-state index contributed by atoms with van der Waals surface area (Å²) in [6.45, 7) is 3.09. The first-order valence-corrected chi connectivity index (χ1v) is 8.16. The molecule has 1 unspecified atom stereocenters. The number of nitrogens with zero attached hydrogens (tertiary/aromatic N) is 3. The van der Waals surface area contributed by atoms with Crippen LogP contribution in [0.4, 0.5) is 0 Å². The molecule has 1 atom stereocenters. The minimum Gasteiger partial charge on any atom is -0.309 e. The van der Waals surface area contributed by atoms with Crippen LogP contribution in [0.3, 0.4) is 0 Å². The summed E-state index contributed by atoms with van der Waals surface area (Å²) >= 11 is 0. The Hall–Kier alpha value is -1.20. The largest absolute Gasteiger partial charge is 0.309 e. The molecule has 1 aliphatic carbocycles. The Morgan fingerprint density at radius 1 is 1.10 bits per heavy atom. The van der Waals surface area contributed by atoms with Crippen molar-refractivity contribution < 1.29 is 0 Å². The summed E-state index contributed by atoms with van der Waals surface area (Å²) in [4.78, 5) is 25.0. The molecule has 0 aromatic carbocycles. The first kappa shape index (κ1) is 14.7. The number of aryl methyl sites for hydroxylation is 1. The van der Waals surface area contributed by atoms with Crippen LogP contribution in [0, 0.1) is 0 Å². The van der Waals surface area contributed by atoms with Gasteiger partial charge in [0.05, 0.1) is 11.7 Å². The van der Waals surface area contributed by atoms with E-state index in [2.05, 4.69) is 28.9 Å². The molecular formula is C16H26N4O. The second kappa shape index (κ2) is 6.28. The third kappa shape index (κ3) is 3.19. The fraction of sp³-hybridized carbons (Fsp3) is 0.750. The van der Waals surface area contributed by atoms with Gasteiger partial charge in [0.25, 0.3) is 5.56 Å². The predicted molar refractivity (Wildman–Crippen MR) is 83.6 cm³/mol. The first-order valence-electron chi connectivity index (χ1n) is 8.16. The van der Waals surface area contributed by atoms with E-state index in [1.165, 1.54) is 12.8 Å². The number of hydrogen-bond acceptors (Lipinski definition) is 4. The van der Waals surface area contributed by atoms with Gasteiger partial charge in [-0.05, 0) is 59.3 Å². The molecular weight excluding hydrogens is 264 g/mol. The third-order valence-corrected chi connectivity index (χ3v) is 4.84. The Labute approximate surface area is 126 Å². The lowest BCUT2D eigenvalue weighted by atomic mass is 10.1. The zero-order valence-electron chi connectivity index (χ0n) is 13.2. The van der Waals surface area contributed by atoms with Crippen LogP contribution >= 0.6 is 0 Å². The van der Waals surface area contributed by atoms with E-state index >= 15 is 0 Å². The van der Waals surface area contributed by atoms with E-state index in [0.29, 0.717) is 0 Å². The van der Waals surface area contributed by atoms with Crippen LogP contribution in [-0.4, -0.2) is 53.5 Å². The molecule has 5 nitrogen and oxygen atoms in total. The summed E-state index contributed by atoms with van der Waals surface area (Å²) in [6, 6.07) is 0.193. The summed E-state index contributed by atoms with van der Waals surface area (Å²) in [7, 11) is 4.28. The van der Waals surface area contributed by atoms with Crippen LogP contribution in [0.1, 0.15) is 48.8 Å². The molecule has 0 bridgehead atoms. The van der Waals surface area contributed by atoms with Crippen molar-refractivity contribution in [3.05, 3.63) is 27.4 Å². The summed E-state index contributed by atoms with van der Waals surface area (Å²) < 4.78 is 0. The number of nitrogens with one attached hydrogen (secondary N) is 1. The van der Waals surface area contributed by atoms with Crippen molar-refractivity contribution in [3.63, 3.8) is 0 Å². The highest BCUT2D eigenvalue weighted by atomic mass is 16.1. The summed E-state index contributed by atoms with van der Waals surface area (Å²) in [5.74, 6) is 0.858. The zero-order valence-corrected chi connectivity index (χ0v) is 13.2. The molecule has 3 rings (SSSR count). The lowest BCUT2D eigenvalue weighted by molar-refractivity contribution is 0.219. The molecule has 1 N–H and O–H groups in total. The van der Waals surface area contributed by atoms with Gasteiger partial charge in [-0.1, -0.05) is 6.42 Å². The van der Waals surface area contributed by atoms with Crippen LogP contribution in [-0.2, 0) is 12.8 Å². The van der Waals surface area contributed by atoms with Crippen LogP contribution in [0.5, 0.6) is 0 Å². The Kier molecular flexibility index (Phi) is 4.40. The van der Waals surface area contributed by atoms with Gasteiger partial charge in [0.1, 0.15) is 5.82 Å². The van der Waals surface area contributed by atoms with Crippen LogP contribution < -0.4 is 5.56 Å². The van der Waals surface area contributed by atoms with E-state index in [1.807, 2.05) is 0 Å². The fourth-order valence-electron chi connectivity index (χ4n) is 3.52. The number of hydrogen-bond donors (Lipinski definition) is 1. The lowest BCUT2D eigenvalue weighted by Gasteiger charge is -2.27. The lowest BCUT2D eigenvalue weighted by Crippen LogP contribution is -2.34. The van der Waals surface area contributed by atoms with Gasteiger partial charge in [-0.25, -0.2) is 4.98 Å². The van der Waals surface area contributed by atoms with E-state index in [-0.39, 0.29) is 11.6 Å². The second-order valence-electron chi connectivity index (χ2n) is 6.55. The number of rotatable bonds is 1. The SMILES string of the molecule is CN1CCCN(C)C(c2nc3c(c(=O)[nH]2)CCCCC3)C1. The molecule has 116 valence electrons. The highest BCUT2D eigenvalue weighted by Gasteiger charge is 2.25. The van der Waals surface area contributed by atoms with E-state index in [4.69, 9.17) is 4.98 Å². The summed E-state index contributed by atoms with van der Waals surface area (Å²) in [5, 5.41) is 0. The predicted octanol–water partition coefficient (Wildman–Crippen LogP) is 1.35. The van der Waals surface area contributed by atoms with E-state index in [1.54, 1.807) is 0 Å². The summed E-state index contributed by atoms with van der Waals surface area (Å²) in [6.07, 6.45) is 6.49. The van der Waals surface area contributed by atoms with Crippen molar-refractivity contribution in [3.8, 4) is 0 Å². The monoisotopic (exact) mass is 290 g/mol. The Bertz CT molecular complexity index is 554. The maximum atomic E-state index is 12.4. The maximum Gasteiger partial charge on any atom is 0.254 e. The molecule has 0 radical (unpaired) electrons. The van der Waals surface area contributed by atoms with Crippen molar-refractivity contribution in [2.75, 3.05) is 33.7 Å². The van der Waals surface area contributed by atoms with Crippen molar-refractivity contribution >= 4 is 0 Å². The number of aromatic amines is 1. The molecule has 5 heteroatoms. The third-order valence-electron chi connectivity index (χ3n) is 4.84. The fourth-order valence-corrected chi connectivity index (χ4v) is 3.52. The molecule has 21 heavy (non-hydrogen) atoms. The molecule has 0 spiro atoms. The van der Waals surface area contributed by atoms with E-state index in [0.717, 1.165) is 62.4 Å². The molecule has 0 saturated carbocycles. The van der Waals surface area contributed by atoms with Crippen molar-refractivity contribution in [2.24, 2.45) is 0 Å². The Balaban J connectivity index is 1.96. The molecule has 2 heterocycles. The van der Waals surface area contributed by atoms with Gasteiger partial charge in [0.2, 0.25) is 0 Å². The smallest absolute Gasteiger partial charge is 0.254 e. The van der Waals surface area contributed by atoms with Gasteiger partial charge < -0.3 is 9.88 Å². The molecule has 1 fully saturated rings. The average molecular weight is 290 g/mol. The molecule has 1 aliphatic heterocycles. The molecule has 1 aromatic rings. The van der Waals surface area contributed by atoms with Crippen LogP contribution in [0.25, 0.3) is 0 Å². The zero-order chi connectivity index (χ0) is 14.8. The molecule has 0 amide bonds. The number of fused-ring (bicyclic) bond motifs is 1. The quantitative estimate of drug-likeness (QED) is 0.793. The van der Waals surface area contributed by atoms with Gasteiger partial charge in [0, 0.05) is 12.1 Å². The second-order valence-corrected chi connectivity index (χ2v) is 6.55. The molecule has 2 aliphatic rings. The minimum atomic E-state index is 0.0946. The van der Waals surface area contributed by atoms with Gasteiger partial charge >= 0.3 is 0 Å². The minimum absolute atomic E-state index is 0.0946. The van der Waals surface area contributed by atoms with E-state index in [9.17, 15) is 4.79 Å². The normalized spacial score (nSPS) is 25.1. The van der Waals surface area contributed by atoms with Crippen LogP contribution in [0.15, 0.2) is 4.79 Å². The Morgan fingerprint density at radius 3 is 2.76 bits per heavy atom. The summed E-state index contributed by atoms with van der Waals surface area (Å²) in [5.41, 5.74) is 2.07. The van der Waals surface area contributed by atoms with Crippen molar-refractivity contribution in [1.82, 2.24) is 19.8 Å². The first-order chi connectivity index (χ1) is 10.1. The van der Waals surface area contributed by atoms with Gasteiger partial charge in [0.15, 0.2) is 0 Å². The number of aromatic nitrogens is 2. The van der Waals surface area contributed by atoms with Crippen molar-refractivity contribution in [2.45, 2.75) is 44.6 Å².